The second kappa shape index (κ2) is 4.28. The molecule has 2 fully saturated rings. The number of rotatable bonds is 2. The Morgan fingerprint density at radius 1 is 1.19 bits per heavy atom. The van der Waals surface area contributed by atoms with Gasteiger partial charge in [0.2, 0.25) is 0 Å². The number of piperidine rings is 1. The molecule has 2 rings (SSSR count). The molecule has 0 atom stereocenters. The normalized spacial score (nSPS) is 27.8. The van der Waals surface area contributed by atoms with Gasteiger partial charge in [0.1, 0.15) is 0 Å². The Morgan fingerprint density at radius 2 is 1.75 bits per heavy atom. The van der Waals surface area contributed by atoms with Crippen molar-refractivity contribution in [3.05, 3.63) is 0 Å². The second-order valence-corrected chi connectivity index (χ2v) is 6.18. The van der Waals surface area contributed by atoms with E-state index in [0.717, 1.165) is 39.1 Å². The monoisotopic (exact) mass is 227 g/mol. The first-order valence-corrected chi connectivity index (χ1v) is 6.35. The standard InChI is InChI=1S/C13H25NO2/c1-12(2,3)13(15-4)5-7-14(8-6-13)11-9-16-10-11/h11H,5-10H2,1-4H3. The summed E-state index contributed by atoms with van der Waals surface area (Å²) in [5.41, 5.74) is 0.290. The average Bonchev–Trinajstić information content (AvgIpc) is 2.15. The van der Waals surface area contributed by atoms with E-state index in [4.69, 9.17) is 9.47 Å². The van der Waals surface area contributed by atoms with Crippen LogP contribution in [0, 0.1) is 5.41 Å². The first-order chi connectivity index (χ1) is 7.48. The van der Waals surface area contributed by atoms with Crippen molar-refractivity contribution in [2.75, 3.05) is 33.4 Å². The van der Waals surface area contributed by atoms with E-state index in [-0.39, 0.29) is 11.0 Å². The third-order valence-electron chi connectivity index (χ3n) is 4.50. The zero-order valence-electron chi connectivity index (χ0n) is 11.1. The molecule has 0 spiro atoms. The molecule has 3 nitrogen and oxygen atoms in total. The number of hydrogen-bond acceptors (Lipinski definition) is 3. The maximum atomic E-state index is 5.87. The minimum absolute atomic E-state index is 0.0636. The largest absolute Gasteiger partial charge is 0.378 e. The van der Waals surface area contributed by atoms with Crippen molar-refractivity contribution in [3.63, 3.8) is 0 Å². The van der Waals surface area contributed by atoms with E-state index in [9.17, 15) is 0 Å². The maximum absolute atomic E-state index is 5.87. The van der Waals surface area contributed by atoms with Crippen molar-refractivity contribution in [2.24, 2.45) is 5.41 Å². The fourth-order valence-corrected chi connectivity index (χ4v) is 2.94. The van der Waals surface area contributed by atoms with Crippen molar-refractivity contribution >= 4 is 0 Å². The van der Waals surface area contributed by atoms with E-state index >= 15 is 0 Å². The van der Waals surface area contributed by atoms with Gasteiger partial charge in [-0.3, -0.25) is 4.90 Å². The van der Waals surface area contributed by atoms with E-state index < -0.39 is 0 Å². The van der Waals surface area contributed by atoms with Gasteiger partial charge in [-0.15, -0.1) is 0 Å². The lowest BCUT2D eigenvalue weighted by Gasteiger charge is -2.51. The molecule has 2 saturated heterocycles. The third kappa shape index (κ3) is 2.01. The molecule has 0 bridgehead atoms. The van der Waals surface area contributed by atoms with Crippen LogP contribution in [-0.2, 0) is 9.47 Å². The SMILES string of the molecule is COC1(C(C)(C)C)CCN(C2COC2)CC1. The Hall–Kier alpha value is -0.120. The Bertz CT molecular complexity index is 235. The van der Waals surface area contributed by atoms with Gasteiger partial charge in [0.25, 0.3) is 0 Å². The van der Waals surface area contributed by atoms with Crippen LogP contribution in [0.15, 0.2) is 0 Å². The van der Waals surface area contributed by atoms with Crippen molar-refractivity contribution in [1.82, 2.24) is 4.90 Å². The summed E-state index contributed by atoms with van der Waals surface area (Å²) in [4.78, 5) is 2.56. The lowest BCUT2D eigenvalue weighted by molar-refractivity contribution is -0.149. The lowest BCUT2D eigenvalue weighted by atomic mass is 9.70. The summed E-state index contributed by atoms with van der Waals surface area (Å²) in [6.07, 6.45) is 2.28. The zero-order valence-corrected chi connectivity index (χ0v) is 11.1. The van der Waals surface area contributed by atoms with Crippen LogP contribution in [0.4, 0.5) is 0 Å². The molecule has 2 aliphatic rings. The van der Waals surface area contributed by atoms with Gasteiger partial charge in [-0.05, 0) is 18.3 Å². The van der Waals surface area contributed by atoms with Crippen molar-refractivity contribution < 1.29 is 9.47 Å². The average molecular weight is 227 g/mol. The third-order valence-corrected chi connectivity index (χ3v) is 4.50. The molecule has 0 aliphatic carbocycles. The van der Waals surface area contributed by atoms with Gasteiger partial charge in [-0.25, -0.2) is 0 Å². The van der Waals surface area contributed by atoms with E-state index in [1.807, 2.05) is 7.11 Å². The van der Waals surface area contributed by atoms with Crippen LogP contribution in [0.1, 0.15) is 33.6 Å². The van der Waals surface area contributed by atoms with Crippen molar-refractivity contribution in [3.8, 4) is 0 Å². The topological polar surface area (TPSA) is 21.7 Å². The smallest absolute Gasteiger partial charge is 0.0751 e. The molecule has 0 aromatic carbocycles. The summed E-state index contributed by atoms with van der Waals surface area (Å²) in [6.45, 7) is 11.0. The Balaban J connectivity index is 1.96. The van der Waals surface area contributed by atoms with Crippen LogP contribution in [0.2, 0.25) is 0 Å². The molecule has 3 heteroatoms. The highest BCUT2D eigenvalue weighted by molar-refractivity contribution is 4.97. The zero-order chi connectivity index (χ0) is 11.8. The summed E-state index contributed by atoms with van der Waals surface area (Å²) in [6, 6.07) is 0.676. The summed E-state index contributed by atoms with van der Waals surface area (Å²) < 4.78 is 11.1. The Morgan fingerprint density at radius 3 is 2.06 bits per heavy atom. The van der Waals surface area contributed by atoms with Gasteiger partial charge in [0.05, 0.1) is 24.9 Å². The van der Waals surface area contributed by atoms with E-state index in [0.29, 0.717) is 6.04 Å². The predicted octanol–water partition coefficient (Wildman–Crippen LogP) is 1.91. The van der Waals surface area contributed by atoms with Gasteiger partial charge in [-0.1, -0.05) is 20.8 Å². The molecule has 94 valence electrons. The summed E-state index contributed by atoms with van der Waals surface area (Å²) in [5, 5.41) is 0. The van der Waals surface area contributed by atoms with Gasteiger partial charge in [0, 0.05) is 20.2 Å². The van der Waals surface area contributed by atoms with Crippen LogP contribution in [0.25, 0.3) is 0 Å². The van der Waals surface area contributed by atoms with Crippen molar-refractivity contribution in [1.29, 1.82) is 0 Å². The fraction of sp³-hybridized carbons (Fsp3) is 1.00. The maximum Gasteiger partial charge on any atom is 0.0751 e. The fourth-order valence-electron chi connectivity index (χ4n) is 2.94. The molecule has 2 heterocycles. The number of nitrogens with zero attached hydrogens (tertiary/aromatic N) is 1. The van der Waals surface area contributed by atoms with E-state index in [1.54, 1.807) is 0 Å². The number of likely N-dealkylation sites (tertiary alicyclic amines) is 1. The summed E-state index contributed by atoms with van der Waals surface area (Å²) >= 11 is 0. The first-order valence-electron chi connectivity index (χ1n) is 6.35. The molecule has 0 aromatic heterocycles. The van der Waals surface area contributed by atoms with Crippen LogP contribution < -0.4 is 0 Å². The summed E-state index contributed by atoms with van der Waals surface area (Å²) in [5.74, 6) is 0. The van der Waals surface area contributed by atoms with Crippen LogP contribution in [0.3, 0.4) is 0 Å². The molecule has 16 heavy (non-hydrogen) atoms. The summed E-state index contributed by atoms with van der Waals surface area (Å²) in [7, 11) is 1.87. The Labute approximate surface area is 99.1 Å². The van der Waals surface area contributed by atoms with Crippen LogP contribution in [0.5, 0.6) is 0 Å². The molecule has 0 N–H and O–H groups in total. The van der Waals surface area contributed by atoms with Gasteiger partial charge < -0.3 is 9.47 Å². The molecule has 0 amide bonds. The molecule has 0 aromatic rings. The second-order valence-electron chi connectivity index (χ2n) is 6.18. The molecule has 2 aliphatic heterocycles. The highest BCUT2D eigenvalue weighted by Gasteiger charge is 2.45. The minimum atomic E-state index is 0.0636. The van der Waals surface area contributed by atoms with Gasteiger partial charge in [-0.2, -0.15) is 0 Å². The molecule has 0 unspecified atom stereocenters. The predicted molar refractivity (Wildman–Crippen MR) is 64.6 cm³/mol. The number of ether oxygens (including phenoxy) is 2. The van der Waals surface area contributed by atoms with Crippen molar-refractivity contribution in [2.45, 2.75) is 45.3 Å². The Kier molecular flexibility index (Phi) is 3.30. The van der Waals surface area contributed by atoms with E-state index in [1.165, 1.54) is 0 Å². The van der Waals surface area contributed by atoms with Gasteiger partial charge >= 0.3 is 0 Å². The first kappa shape index (κ1) is 12.3. The quantitative estimate of drug-likeness (QED) is 0.719. The van der Waals surface area contributed by atoms with E-state index in [2.05, 4.69) is 25.7 Å². The number of hydrogen-bond donors (Lipinski definition) is 0. The minimum Gasteiger partial charge on any atom is -0.378 e. The van der Waals surface area contributed by atoms with Crippen LogP contribution in [-0.4, -0.2) is 50.0 Å². The molecule has 0 saturated carbocycles. The highest BCUT2D eigenvalue weighted by Crippen LogP contribution is 2.42. The molecular formula is C13H25NO2. The van der Waals surface area contributed by atoms with Crippen LogP contribution >= 0.6 is 0 Å². The highest BCUT2D eigenvalue weighted by atomic mass is 16.5. The number of methoxy groups -OCH3 is 1. The molecular weight excluding hydrogens is 202 g/mol. The lowest BCUT2D eigenvalue weighted by Crippen LogP contribution is -2.58. The molecule has 0 radical (unpaired) electrons. The van der Waals surface area contributed by atoms with Gasteiger partial charge in [0.15, 0.2) is 0 Å².